The fourth-order valence-electron chi connectivity index (χ4n) is 3.89. The Morgan fingerprint density at radius 1 is 1.27 bits per heavy atom. The second-order valence-corrected chi connectivity index (χ2v) is 6.33. The summed E-state index contributed by atoms with van der Waals surface area (Å²) in [6.07, 6.45) is 6.29. The van der Waals surface area contributed by atoms with Crippen LogP contribution in [0.2, 0.25) is 0 Å². The molecule has 0 radical (unpaired) electrons. The summed E-state index contributed by atoms with van der Waals surface area (Å²) in [4.78, 5) is 0. The maximum Gasteiger partial charge on any atom is 0.0865 e. The lowest BCUT2D eigenvalue weighted by Gasteiger charge is -2.42. The van der Waals surface area contributed by atoms with Crippen LogP contribution in [0.25, 0.3) is 0 Å². The van der Waals surface area contributed by atoms with E-state index in [9.17, 15) is 0 Å². The molecule has 2 unspecified atom stereocenters. The van der Waals surface area contributed by atoms with E-state index in [1.165, 1.54) is 32.1 Å². The maximum absolute atomic E-state index is 6.46. The van der Waals surface area contributed by atoms with Gasteiger partial charge in [-0.25, -0.2) is 0 Å². The minimum Gasteiger partial charge on any atom is -0.373 e. The monoisotopic (exact) mass is 209 g/mol. The normalized spacial score (nSPS) is 53.6. The van der Waals surface area contributed by atoms with E-state index >= 15 is 0 Å². The third kappa shape index (κ3) is 1.24. The van der Waals surface area contributed by atoms with E-state index in [0.29, 0.717) is 5.92 Å². The molecule has 2 N–H and O–H groups in total. The van der Waals surface area contributed by atoms with Gasteiger partial charge in [-0.3, -0.25) is 0 Å². The highest BCUT2D eigenvalue weighted by molar-refractivity contribution is 5.24. The number of nitrogens with two attached hydrogens (primary N) is 1. The van der Waals surface area contributed by atoms with Crippen molar-refractivity contribution in [3.63, 3.8) is 0 Å². The summed E-state index contributed by atoms with van der Waals surface area (Å²) in [6, 6.07) is 0. The van der Waals surface area contributed by atoms with Crippen molar-refractivity contribution >= 4 is 0 Å². The van der Waals surface area contributed by atoms with Gasteiger partial charge < -0.3 is 10.5 Å². The molecule has 2 atom stereocenters. The second kappa shape index (κ2) is 2.98. The zero-order valence-electron chi connectivity index (χ0n) is 9.96. The van der Waals surface area contributed by atoms with Crippen LogP contribution in [0, 0.1) is 17.8 Å². The SMILES string of the molecule is CC(C)C1CCC2(CC1)OCC1CC12N. The summed E-state index contributed by atoms with van der Waals surface area (Å²) in [5.74, 6) is 2.42. The van der Waals surface area contributed by atoms with Crippen LogP contribution in [0.3, 0.4) is 0 Å². The second-order valence-electron chi connectivity index (χ2n) is 6.33. The quantitative estimate of drug-likeness (QED) is 0.719. The Hall–Kier alpha value is -0.0800. The van der Waals surface area contributed by atoms with Gasteiger partial charge in [0.25, 0.3) is 0 Å². The summed E-state index contributed by atoms with van der Waals surface area (Å²) in [6.45, 7) is 5.62. The first-order valence-electron chi connectivity index (χ1n) is 6.50. The number of rotatable bonds is 1. The van der Waals surface area contributed by atoms with Gasteiger partial charge in [-0.2, -0.15) is 0 Å². The van der Waals surface area contributed by atoms with Crippen molar-refractivity contribution in [2.75, 3.05) is 6.61 Å². The molecule has 1 spiro atoms. The molecule has 0 aromatic rings. The van der Waals surface area contributed by atoms with Crippen molar-refractivity contribution in [1.29, 1.82) is 0 Å². The van der Waals surface area contributed by atoms with Crippen molar-refractivity contribution < 1.29 is 4.74 Å². The molecular weight excluding hydrogens is 186 g/mol. The van der Waals surface area contributed by atoms with Gasteiger partial charge >= 0.3 is 0 Å². The molecule has 3 aliphatic rings. The van der Waals surface area contributed by atoms with Crippen LogP contribution in [-0.2, 0) is 4.74 Å². The fourth-order valence-corrected chi connectivity index (χ4v) is 3.89. The van der Waals surface area contributed by atoms with Crippen LogP contribution in [0.4, 0.5) is 0 Å². The third-order valence-electron chi connectivity index (χ3n) is 5.34. The molecule has 15 heavy (non-hydrogen) atoms. The van der Waals surface area contributed by atoms with E-state index in [-0.39, 0.29) is 11.1 Å². The molecule has 2 aliphatic carbocycles. The summed E-state index contributed by atoms with van der Waals surface area (Å²) >= 11 is 0. The summed E-state index contributed by atoms with van der Waals surface area (Å²) in [5.41, 5.74) is 6.62. The molecule has 0 bridgehead atoms. The van der Waals surface area contributed by atoms with Crippen molar-refractivity contribution in [1.82, 2.24) is 0 Å². The van der Waals surface area contributed by atoms with Gasteiger partial charge in [-0.05, 0) is 43.9 Å². The molecule has 1 heterocycles. The van der Waals surface area contributed by atoms with E-state index < -0.39 is 0 Å². The molecular formula is C13H23NO. The summed E-state index contributed by atoms with van der Waals surface area (Å²) in [5, 5.41) is 0. The highest BCUT2D eigenvalue weighted by atomic mass is 16.5. The first-order valence-corrected chi connectivity index (χ1v) is 6.50. The highest BCUT2D eigenvalue weighted by Crippen LogP contribution is 2.61. The molecule has 2 nitrogen and oxygen atoms in total. The Kier molecular flexibility index (Phi) is 2.01. The van der Waals surface area contributed by atoms with Crippen LogP contribution >= 0.6 is 0 Å². The fraction of sp³-hybridized carbons (Fsp3) is 1.00. The minimum absolute atomic E-state index is 0.0783. The van der Waals surface area contributed by atoms with Gasteiger partial charge in [-0.1, -0.05) is 13.8 Å². The molecule has 0 amide bonds. The van der Waals surface area contributed by atoms with Crippen LogP contribution in [0.1, 0.15) is 46.0 Å². The van der Waals surface area contributed by atoms with Crippen molar-refractivity contribution in [2.24, 2.45) is 23.5 Å². The molecule has 2 heteroatoms. The number of fused-ring (bicyclic) bond motifs is 2. The lowest BCUT2D eigenvalue weighted by Crippen LogP contribution is -2.52. The standard InChI is InChI=1S/C13H23NO/c1-9(2)10-3-5-12(6-4-10)13(14)7-11(13)8-15-12/h9-11H,3-8,14H2,1-2H3. The van der Waals surface area contributed by atoms with Crippen LogP contribution in [0.5, 0.6) is 0 Å². The lowest BCUT2D eigenvalue weighted by molar-refractivity contribution is -0.0702. The first-order chi connectivity index (χ1) is 7.07. The molecule has 1 aliphatic heterocycles. The zero-order chi connectivity index (χ0) is 10.7. The maximum atomic E-state index is 6.46. The Morgan fingerprint density at radius 3 is 2.33 bits per heavy atom. The van der Waals surface area contributed by atoms with Gasteiger partial charge in [0.05, 0.1) is 17.7 Å². The highest BCUT2D eigenvalue weighted by Gasteiger charge is 2.69. The van der Waals surface area contributed by atoms with Gasteiger partial charge in [0, 0.05) is 5.92 Å². The molecule has 2 saturated carbocycles. The topological polar surface area (TPSA) is 35.2 Å². The van der Waals surface area contributed by atoms with Crippen molar-refractivity contribution in [3.8, 4) is 0 Å². The smallest absolute Gasteiger partial charge is 0.0865 e. The molecule has 0 aromatic carbocycles. The van der Waals surface area contributed by atoms with E-state index in [1.807, 2.05) is 0 Å². The molecule has 3 rings (SSSR count). The summed E-state index contributed by atoms with van der Waals surface area (Å²) < 4.78 is 6.05. The van der Waals surface area contributed by atoms with Gasteiger partial charge in [0.1, 0.15) is 0 Å². The number of hydrogen-bond acceptors (Lipinski definition) is 2. The summed E-state index contributed by atoms with van der Waals surface area (Å²) in [7, 11) is 0. The van der Waals surface area contributed by atoms with Gasteiger partial charge in [0.2, 0.25) is 0 Å². The third-order valence-corrected chi connectivity index (χ3v) is 5.34. The average Bonchev–Trinajstić information content (AvgIpc) is 2.82. The van der Waals surface area contributed by atoms with Crippen molar-refractivity contribution in [3.05, 3.63) is 0 Å². The predicted molar refractivity (Wildman–Crippen MR) is 60.5 cm³/mol. The van der Waals surface area contributed by atoms with E-state index in [2.05, 4.69) is 13.8 Å². The Balaban J connectivity index is 1.71. The Labute approximate surface area is 92.6 Å². The van der Waals surface area contributed by atoms with E-state index in [1.54, 1.807) is 0 Å². The zero-order valence-corrected chi connectivity index (χ0v) is 9.96. The van der Waals surface area contributed by atoms with Crippen LogP contribution in [0.15, 0.2) is 0 Å². The predicted octanol–water partition coefficient (Wildman–Crippen LogP) is 2.32. The largest absolute Gasteiger partial charge is 0.373 e. The lowest BCUT2D eigenvalue weighted by atomic mass is 9.71. The van der Waals surface area contributed by atoms with Gasteiger partial charge in [-0.15, -0.1) is 0 Å². The van der Waals surface area contributed by atoms with E-state index in [4.69, 9.17) is 10.5 Å². The van der Waals surface area contributed by atoms with Crippen LogP contribution in [-0.4, -0.2) is 17.7 Å². The molecule has 0 aromatic heterocycles. The van der Waals surface area contributed by atoms with Gasteiger partial charge in [0.15, 0.2) is 0 Å². The number of ether oxygens (including phenoxy) is 1. The molecule has 3 fully saturated rings. The minimum atomic E-state index is 0.0783. The first kappa shape index (κ1) is 10.1. The molecule has 86 valence electrons. The van der Waals surface area contributed by atoms with E-state index in [0.717, 1.165) is 18.4 Å². The van der Waals surface area contributed by atoms with Crippen LogP contribution < -0.4 is 5.73 Å². The number of hydrogen-bond donors (Lipinski definition) is 1. The molecule has 1 saturated heterocycles. The average molecular weight is 209 g/mol. The Bertz CT molecular complexity index is 266. The Morgan fingerprint density at radius 2 is 1.93 bits per heavy atom. The van der Waals surface area contributed by atoms with Crippen molar-refractivity contribution in [2.45, 2.75) is 57.1 Å².